The van der Waals surface area contributed by atoms with Crippen LogP contribution in [0.25, 0.3) is 0 Å². The lowest BCUT2D eigenvalue weighted by atomic mass is 9.95. The van der Waals surface area contributed by atoms with Gasteiger partial charge in [0.15, 0.2) is 0 Å². The van der Waals surface area contributed by atoms with Crippen LogP contribution < -0.4 is 9.47 Å². The topological polar surface area (TPSA) is 38.7 Å². The summed E-state index contributed by atoms with van der Waals surface area (Å²) in [6.45, 7) is 0. The summed E-state index contributed by atoms with van der Waals surface area (Å²) >= 11 is 0. The first-order chi connectivity index (χ1) is 7.74. The summed E-state index contributed by atoms with van der Waals surface area (Å²) in [4.78, 5) is 0. The Morgan fingerprint density at radius 3 is 2.12 bits per heavy atom. The lowest BCUT2D eigenvalue weighted by Gasteiger charge is -2.16. The molecule has 16 heavy (non-hydrogen) atoms. The Morgan fingerprint density at radius 1 is 1.06 bits per heavy atom. The predicted octanol–water partition coefficient (Wildman–Crippen LogP) is 2.33. The standard InChI is InChI=1S/C13H18O3/c1-15-10-6-9(7-11(8-10)16-2)12-4-3-5-13(12)14/h6-8,12-14H,3-5H2,1-2H3/t12-,13+/m0/s1. The molecule has 1 aromatic carbocycles. The molecule has 0 radical (unpaired) electrons. The number of benzene rings is 1. The maximum absolute atomic E-state index is 9.89. The van der Waals surface area contributed by atoms with Gasteiger partial charge in [0.1, 0.15) is 11.5 Å². The smallest absolute Gasteiger partial charge is 0.122 e. The van der Waals surface area contributed by atoms with Gasteiger partial charge in [-0.1, -0.05) is 6.42 Å². The predicted molar refractivity (Wildman–Crippen MR) is 62.1 cm³/mol. The molecule has 3 nitrogen and oxygen atoms in total. The van der Waals surface area contributed by atoms with E-state index in [9.17, 15) is 5.11 Å². The van der Waals surface area contributed by atoms with E-state index >= 15 is 0 Å². The zero-order valence-corrected chi connectivity index (χ0v) is 9.77. The van der Waals surface area contributed by atoms with Gasteiger partial charge in [-0.3, -0.25) is 0 Å². The molecule has 0 heterocycles. The van der Waals surface area contributed by atoms with Crippen LogP contribution in [0.4, 0.5) is 0 Å². The van der Waals surface area contributed by atoms with Crippen LogP contribution in [0.5, 0.6) is 11.5 Å². The van der Waals surface area contributed by atoms with Crippen molar-refractivity contribution >= 4 is 0 Å². The van der Waals surface area contributed by atoms with Gasteiger partial charge < -0.3 is 14.6 Å². The van der Waals surface area contributed by atoms with Crippen molar-refractivity contribution in [2.24, 2.45) is 0 Å². The molecule has 1 fully saturated rings. The maximum atomic E-state index is 9.89. The Bertz CT molecular complexity index is 340. The molecule has 0 saturated heterocycles. The van der Waals surface area contributed by atoms with E-state index in [1.165, 1.54) is 0 Å². The fraction of sp³-hybridized carbons (Fsp3) is 0.538. The van der Waals surface area contributed by atoms with Crippen LogP contribution in [0.3, 0.4) is 0 Å². The Balaban J connectivity index is 2.31. The normalized spacial score (nSPS) is 24.4. The molecular weight excluding hydrogens is 204 g/mol. The second kappa shape index (κ2) is 4.74. The summed E-state index contributed by atoms with van der Waals surface area (Å²) in [6.07, 6.45) is 2.80. The summed E-state index contributed by atoms with van der Waals surface area (Å²) in [5, 5.41) is 9.89. The molecule has 1 saturated carbocycles. The minimum atomic E-state index is -0.225. The molecule has 1 aliphatic rings. The van der Waals surface area contributed by atoms with Crippen molar-refractivity contribution in [3.05, 3.63) is 23.8 Å². The fourth-order valence-electron chi connectivity index (χ4n) is 2.37. The number of hydrogen-bond acceptors (Lipinski definition) is 3. The van der Waals surface area contributed by atoms with Crippen molar-refractivity contribution in [1.82, 2.24) is 0 Å². The summed E-state index contributed by atoms with van der Waals surface area (Å²) < 4.78 is 10.5. The Hall–Kier alpha value is -1.22. The highest BCUT2D eigenvalue weighted by atomic mass is 16.5. The molecule has 0 spiro atoms. The van der Waals surface area contributed by atoms with E-state index in [0.29, 0.717) is 0 Å². The van der Waals surface area contributed by atoms with Crippen LogP contribution in [0.15, 0.2) is 18.2 Å². The molecule has 3 heteroatoms. The van der Waals surface area contributed by atoms with Gasteiger partial charge in [-0.25, -0.2) is 0 Å². The van der Waals surface area contributed by atoms with E-state index in [2.05, 4.69) is 0 Å². The molecule has 0 amide bonds. The Kier molecular flexibility index (Phi) is 3.34. The van der Waals surface area contributed by atoms with Gasteiger partial charge >= 0.3 is 0 Å². The SMILES string of the molecule is COc1cc(OC)cc([C@@H]2CCC[C@H]2O)c1. The highest BCUT2D eigenvalue weighted by Crippen LogP contribution is 2.37. The van der Waals surface area contributed by atoms with E-state index in [1.807, 2.05) is 18.2 Å². The Labute approximate surface area is 96.0 Å². The van der Waals surface area contributed by atoms with Crippen LogP contribution in [0.1, 0.15) is 30.7 Å². The van der Waals surface area contributed by atoms with E-state index in [0.717, 1.165) is 36.3 Å². The van der Waals surface area contributed by atoms with E-state index in [4.69, 9.17) is 9.47 Å². The van der Waals surface area contributed by atoms with Gasteiger partial charge in [-0.2, -0.15) is 0 Å². The van der Waals surface area contributed by atoms with Crippen molar-refractivity contribution in [3.8, 4) is 11.5 Å². The first-order valence-corrected chi connectivity index (χ1v) is 5.65. The molecule has 0 aliphatic heterocycles. The third-order valence-electron chi connectivity index (χ3n) is 3.28. The minimum absolute atomic E-state index is 0.225. The lowest BCUT2D eigenvalue weighted by Crippen LogP contribution is -2.11. The van der Waals surface area contributed by atoms with Crippen molar-refractivity contribution in [3.63, 3.8) is 0 Å². The first kappa shape index (κ1) is 11.3. The van der Waals surface area contributed by atoms with Gasteiger partial charge in [0.05, 0.1) is 20.3 Å². The van der Waals surface area contributed by atoms with E-state index < -0.39 is 0 Å². The summed E-state index contributed by atoms with van der Waals surface area (Å²) in [5.74, 6) is 1.80. The van der Waals surface area contributed by atoms with Crippen molar-refractivity contribution < 1.29 is 14.6 Å². The summed E-state index contributed by atoms with van der Waals surface area (Å²) in [7, 11) is 3.28. The molecule has 2 rings (SSSR count). The highest BCUT2D eigenvalue weighted by molar-refractivity contribution is 5.40. The second-order valence-corrected chi connectivity index (χ2v) is 4.25. The molecule has 0 unspecified atom stereocenters. The zero-order chi connectivity index (χ0) is 11.5. The number of aliphatic hydroxyl groups excluding tert-OH is 1. The Morgan fingerprint density at radius 2 is 1.69 bits per heavy atom. The van der Waals surface area contributed by atoms with Gasteiger partial charge in [0.25, 0.3) is 0 Å². The summed E-state index contributed by atoms with van der Waals surface area (Å²) in [6, 6.07) is 5.83. The highest BCUT2D eigenvalue weighted by Gasteiger charge is 2.27. The molecule has 0 aromatic heterocycles. The monoisotopic (exact) mass is 222 g/mol. The number of ether oxygens (including phenoxy) is 2. The lowest BCUT2D eigenvalue weighted by molar-refractivity contribution is 0.163. The molecule has 1 aliphatic carbocycles. The third kappa shape index (κ3) is 2.14. The molecule has 88 valence electrons. The third-order valence-corrected chi connectivity index (χ3v) is 3.28. The molecule has 1 N–H and O–H groups in total. The molecule has 2 atom stereocenters. The van der Waals surface area contributed by atoms with Crippen LogP contribution in [0.2, 0.25) is 0 Å². The van der Waals surface area contributed by atoms with Gasteiger partial charge in [-0.05, 0) is 30.5 Å². The fourth-order valence-corrected chi connectivity index (χ4v) is 2.37. The average Bonchev–Trinajstić information content (AvgIpc) is 2.74. The number of rotatable bonds is 3. The van der Waals surface area contributed by atoms with E-state index in [1.54, 1.807) is 14.2 Å². The van der Waals surface area contributed by atoms with Crippen LogP contribution in [-0.4, -0.2) is 25.4 Å². The molecule has 0 bridgehead atoms. The minimum Gasteiger partial charge on any atom is -0.497 e. The largest absolute Gasteiger partial charge is 0.497 e. The molecular formula is C13H18O3. The van der Waals surface area contributed by atoms with Gasteiger partial charge in [-0.15, -0.1) is 0 Å². The van der Waals surface area contributed by atoms with Crippen molar-refractivity contribution in [2.45, 2.75) is 31.3 Å². The first-order valence-electron chi connectivity index (χ1n) is 5.65. The molecule has 1 aromatic rings. The number of aliphatic hydroxyl groups is 1. The summed E-state index contributed by atoms with van der Waals surface area (Å²) in [5.41, 5.74) is 1.11. The van der Waals surface area contributed by atoms with Crippen LogP contribution in [0, 0.1) is 0 Å². The van der Waals surface area contributed by atoms with Gasteiger partial charge in [0.2, 0.25) is 0 Å². The van der Waals surface area contributed by atoms with Crippen molar-refractivity contribution in [2.75, 3.05) is 14.2 Å². The maximum Gasteiger partial charge on any atom is 0.122 e. The quantitative estimate of drug-likeness (QED) is 0.853. The van der Waals surface area contributed by atoms with Crippen LogP contribution >= 0.6 is 0 Å². The second-order valence-electron chi connectivity index (χ2n) is 4.25. The van der Waals surface area contributed by atoms with Crippen LogP contribution in [-0.2, 0) is 0 Å². The average molecular weight is 222 g/mol. The zero-order valence-electron chi connectivity index (χ0n) is 9.77. The van der Waals surface area contributed by atoms with Gasteiger partial charge in [0, 0.05) is 12.0 Å². The van der Waals surface area contributed by atoms with E-state index in [-0.39, 0.29) is 12.0 Å². The van der Waals surface area contributed by atoms with Crippen molar-refractivity contribution in [1.29, 1.82) is 0 Å². The number of hydrogen-bond donors (Lipinski definition) is 1. The number of methoxy groups -OCH3 is 2.